The number of oxazole rings is 1. The molecule has 0 amide bonds. The van der Waals surface area contributed by atoms with Crippen molar-refractivity contribution in [2.75, 3.05) is 0 Å². The van der Waals surface area contributed by atoms with Crippen LogP contribution < -0.4 is 5.32 Å². The molecule has 2 unspecified atom stereocenters. The van der Waals surface area contributed by atoms with E-state index in [9.17, 15) is 0 Å². The van der Waals surface area contributed by atoms with Gasteiger partial charge in [-0.15, -0.1) is 0 Å². The minimum atomic E-state index is -0.0191. The lowest BCUT2D eigenvalue weighted by Crippen LogP contribution is -2.22. The van der Waals surface area contributed by atoms with Crippen molar-refractivity contribution in [1.29, 1.82) is 0 Å². The number of hydrogen-bond acceptors (Lipinski definition) is 4. The van der Waals surface area contributed by atoms with E-state index in [1.165, 1.54) is 0 Å². The van der Waals surface area contributed by atoms with Crippen molar-refractivity contribution in [2.45, 2.75) is 59.0 Å². The Labute approximate surface area is 120 Å². The molecular formula is C16H24N2O2. The largest absolute Gasteiger partial charge is 0.465 e. The average Bonchev–Trinajstić information content (AvgIpc) is 2.95. The maximum absolute atomic E-state index is 5.85. The summed E-state index contributed by atoms with van der Waals surface area (Å²) in [5, 5.41) is 3.44. The van der Waals surface area contributed by atoms with Gasteiger partial charge in [0.1, 0.15) is 17.3 Å². The topological polar surface area (TPSA) is 51.2 Å². The highest BCUT2D eigenvalue weighted by Gasteiger charge is 2.22. The van der Waals surface area contributed by atoms with E-state index >= 15 is 0 Å². The predicted molar refractivity (Wildman–Crippen MR) is 78.6 cm³/mol. The summed E-state index contributed by atoms with van der Waals surface area (Å²) in [7, 11) is 0. The van der Waals surface area contributed by atoms with Gasteiger partial charge in [0.2, 0.25) is 5.89 Å². The van der Waals surface area contributed by atoms with Gasteiger partial charge in [0.05, 0.1) is 18.3 Å². The fourth-order valence-electron chi connectivity index (χ4n) is 2.05. The lowest BCUT2D eigenvalue weighted by atomic mass is 9.94. The fraction of sp³-hybridized carbons (Fsp3) is 0.562. The SMILES string of the molecule is Cc1ccc(C(C)NC(C)c2ncc(C(C)(C)C)o2)o1. The highest BCUT2D eigenvalue weighted by atomic mass is 16.4. The Kier molecular flexibility index (Phi) is 4.04. The Bertz CT molecular complexity index is 563. The summed E-state index contributed by atoms with van der Waals surface area (Å²) < 4.78 is 11.5. The summed E-state index contributed by atoms with van der Waals surface area (Å²) in [5.74, 6) is 3.47. The van der Waals surface area contributed by atoms with E-state index in [-0.39, 0.29) is 17.5 Å². The molecule has 0 fully saturated rings. The Morgan fingerprint density at radius 1 is 1.10 bits per heavy atom. The van der Waals surface area contributed by atoms with Crippen LogP contribution in [-0.4, -0.2) is 4.98 Å². The molecule has 0 saturated carbocycles. The first-order valence-corrected chi connectivity index (χ1v) is 7.06. The third kappa shape index (κ3) is 3.31. The minimum absolute atomic E-state index is 0.0191. The van der Waals surface area contributed by atoms with Gasteiger partial charge >= 0.3 is 0 Å². The third-order valence-electron chi connectivity index (χ3n) is 3.32. The lowest BCUT2D eigenvalue weighted by molar-refractivity contribution is 0.326. The lowest BCUT2D eigenvalue weighted by Gasteiger charge is -2.17. The van der Waals surface area contributed by atoms with Gasteiger partial charge in [-0.1, -0.05) is 20.8 Å². The molecule has 110 valence electrons. The van der Waals surface area contributed by atoms with Crippen molar-refractivity contribution < 1.29 is 8.83 Å². The molecule has 20 heavy (non-hydrogen) atoms. The maximum atomic E-state index is 5.85. The molecule has 0 saturated heterocycles. The van der Waals surface area contributed by atoms with Crippen LogP contribution in [-0.2, 0) is 5.41 Å². The fourth-order valence-corrected chi connectivity index (χ4v) is 2.05. The van der Waals surface area contributed by atoms with Gasteiger partial charge in [-0.25, -0.2) is 4.98 Å². The van der Waals surface area contributed by atoms with Gasteiger partial charge in [-0.3, -0.25) is 5.32 Å². The van der Waals surface area contributed by atoms with Gasteiger partial charge < -0.3 is 8.83 Å². The smallest absolute Gasteiger partial charge is 0.211 e. The Morgan fingerprint density at radius 2 is 1.80 bits per heavy atom. The second-order valence-corrected chi connectivity index (χ2v) is 6.37. The van der Waals surface area contributed by atoms with Crippen molar-refractivity contribution in [3.8, 4) is 0 Å². The van der Waals surface area contributed by atoms with Crippen LogP contribution in [0, 0.1) is 6.92 Å². The molecule has 2 aromatic heterocycles. The standard InChI is InChI=1S/C16H24N2O2/c1-10-7-8-13(19-10)11(2)18-12(3)15-17-9-14(20-15)16(4,5)6/h7-9,11-12,18H,1-6H3. The normalized spacial score (nSPS) is 15.3. The Morgan fingerprint density at radius 3 is 2.30 bits per heavy atom. The molecule has 2 atom stereocenters. The van der Waals surface area contributed by atoms with Crippen LogP contribution >= 0.6 is 0 Å². The number of nitrogens with zero attached hydrogens (tertiary/aromatic N) is 1. The van der Waals surface area contributed by atoms with Gasteiger partial charge in [-0.05, 0) is 32.9 Å². The zero-order chi connectivity index (χ0) is 14.9. The first-order valence-electron chi connectivity index (χ1n) is 7.06. The summed E-state index contributed by atoms with van der Waals surface area (Å²) in [6, 6.07) is 4.12. The molecule has 2 heterocycles. The zero-order valence-corrected chi connectivity index (χ0v) is 13.2. The van der Waals surface area contributed by atoms with Crippen LogP contribution in [0.25, 0.3) is 0 Å². The van der Waals surface area contributed by atoms with E-state index in [1.807, 2.05) is 32.2 Å². The van der Waals surface area contributed by atoms with Crippen molar-refractivity contribution in [3.63, 3.8) is 0 Å². The van der Waals surface area contributed by atoms with Crippen LogP contribution in [0.3, 0.4) is 0 Å². The molecule has 0 aliphatic heterocycles. The van der Waals surface area contributed by atoms with Crippen molar-refractivity contribution in [3.05, 3.63) is 41.5 Å². The Balaban J connectivity index is 2.04. The first-order chi connectivity index (χ1) is 9.27. The number of nitrogens with one attached hydrogen (secondary N) is 1. The molecule has 4 nitrogen and oxygen atoms in total. The number of hydrogen-bond donors (Lipinski definition) is 1. The highest BCUT2D eigenvalue weighted by molar-refractivity contribution is 5.11. The molecule has 0 spiro atoms. The van der Waals surface area contributed by atoms with Crippen LogP contribution in [0.4, 0.5) is 0 Å². The van der Waals surface area contributed by atoms with E-state index in [1.54, 1.807) is 0 Å². The molecule has 2 aromatic rings. The highest BCUT2D eigenvalue weighted by Crippen LogP contribution is 2.26. The second-order valence-electron chi connectivity index (χ2n) is 6.37. The number of aromatic nitrogens is 1. The first kappa shape index (κ1) is 14.9. The predicted octanol–water partition coefficient (Wildman–Crippen LogP) is 4.29. The summed E-state index contributed by atoms with van der Waals surface area (Å²) in [4.78, 5) is 4.37. The van der Waals surface area contributed by atoms with Gasteiger partial charge in [-0.2, -0.15) is 0 Å². The quantitative estimate of drug-likeness (QED) is 0.905. The monoisotopic (exact) mass is 276 g/mol. The van der Waals surface area contributed by atoms with Crippen LogP contribution in [0.5, 0.6) is 0 Å². The van der Waals surface area contributed by atoms with Gasteiger partial charge in [0.15, 0.2) is 0 Å². The van der Waals surface area contributed by atoms with E-state index in [0.717, 1.165) is 17.3 Å². The van der Waals surface area contributed by atoms with E-state index in [4.69, 9.17) is 8.83 Å². The van der Waals surface area contributed by atoms with E-state index in [2.05, 4.69) is 38.0 Å². The molecule has 0 aliphatic carbocycles. The third-order valence-corrected chi connectivity index (χ3v) is 3.32. The molecule has 4 heteroatoms. The number of rotatable bonds is 4. The van der Waals surface area contributed by atoms with Crippen molar-refractivity contribution >= 4 is 0 Å². The molecule has 0 aliphatic rings. The van der Waals surface area contributed by atoms with E-state index < -0.39 is 0 Å². The van der Waals surface area contributed by atoms with Crippen LogP contribution in [0.2, 0.25) is 0 Å². The summed E-state index contributed by atoms with van der Waals surface area (Å²) in [5.41, 5.74) is -0.0191. The summed E-state index contributed by atoms with van der Waals surface area (Å²) >= 11 is 0. The van der Waals surface area contributed by atoms with E-state index in [0.29, 0.717) is 5.89 Å². The molecule has 0 aromatic carbocycles. The molecule has 0 radical (unpaired) electrons. The van der Waals surface area contributed by atoms with Gasteiger partial charge in [0.25, 0.3) is 0 Å². The number of aryl methyl sites for hydroxylation is 1. The zero-order valence-electron chi connectivity index (χ0n) is 13.2. The average molecular weight is 276 g/mol. The van der Waals surface area contributed by atoms with Crippen LogP contribution in [0.15, 0.2) is 27.2 Å². The minimum Gasteiger partial charge on any atom is -0.465 e. The van der Waals surface area contributed by atoms with Crippen molar-refractivity contribution in [2.24, 2.45) is 0 Å². The number of furan rings is 1. The molecular weight excluding hydrogens is 252 g/mol. The summed E-state index contributed by atoms with van der Waals surface area (Å²) in [6.45, 7) is 12.4. The summed E-state index contributed by atoms with van der Waals surface area (Å²) in [6.07, 6.45) is 1.81. The Hall–Kier alpha value is -1.55. The maximum Gasteiger partial charge on any atom is 0.211 e. The van der Waals surface area contributed by atoms with Crippen LogP contribution in [0.1, 0.15) is 69.9 Å². The second kappa shape index (κ2) is 5.44. The van der Waals surface area contributed by atoms with Crippen molar-refractivity contribution in [1.82, 2.24) is 10.3 Å². The van der Waals surface area contributed by atoms with Gasteiger partial charge in [0, 0.05) is 5.41 Å². The molecule has 2 rings (SSSR count). The molecule has 1 N–H and O–H groups in total. The molecule has 0 bridgehead atoms.